The van der Waals surface area contributed by atoms with Gasteiger partial charge in [0.25, 0.3) is 0 Å². The van der Waals surface area contributed by atoms with Crippen molar-refractivity contribution in [3.8, 4) is 5.75 Å². The van der Waals surface area contributed by atoms with Crippen molar-refractivity contribution in [2.24, 2.45) is 0 Å². The van der Waals surface area contributed by atoms with Gasteiger partial charge >= 0.3 is 0 Å². The van der Waals surface area contributed by atoms with E-state index in [-0.39, 0.29) is 5.75 Å². The molecule has 24 heavy (non-hydrogen) atoms. The average molecular weight is 322 g/mol. The Hall–Kier alpha value is -2.68. The molecule has 0 radical (unpaired) electrons. The Morgan fingerprint density at radius 3 is 1.92 bits per heavy atom. The summed E-state index contributed by atoms with van der Waals surface area (Å²) in [5, 5.41) is 11.6. The fourth-order valence-electron chi connectivity index (χ4n) is 3.01. The van der Waals surface area contributed by atoms with Crippen molar-refractivity contribution in [1.29, 1.82) is 0 Å². The Morgan fingerprint density at radius 2 is 1.33 bits per heavy atom. The summed E-state index contributed by atoms with van der Waals surface area (Å²) in [4.78, 5) is 0. The molecule has 0 aliphatic heterocycles. The number of benzene rings is 2. The molecule has 2 aromatic carbocycles. The van der Waals surface area contributed by atoms with Crippen molar-refractivity contribution in [1.82, 2.24) is 0 Å². The molecule has 0 bridgehead atoms. The molecule has 2 heterocycles. The molecule has 4 aromatic rings. The topological polar surface area (TPSA) is 46.5 Å². The molecule has 1 N–H and O–H groups in total. The predicted molar refractivity (Wildman–Crippen MR) is 97.6 cm³/mol. The maximum absolute atomic E-state index is 9.30. The first-order valence-corrected chi connectivity index (χ1v) is 8.28. The second kappa shape index (κ2) is 6.83. The maximum Gasteiger partial charge on any atom is 0.137 e. The van der Waals surface area contributed by atoms with E-state index in [1.165, 1.54) is 16.5 Å². The SMILES string of the molecule is CCc1cc(C)cc2occc12.CCc1cc(O)cc2occc12. The number of furan rings is 2. The molecular formula is C21H22O3. The number of phenols is 1. The first kappa shape index (κ1) is 16.2. The molecule has 0 saturated carbocycles. The van der Waals surface area contributed by atoms with Gasteiger partial charge in [0.1, 0.15) is 16.9 Å². The summed E-state index contributed by atoms with van der Waals surface area (Å²) in [6.07, 6.45) is 5.37. The van der Waals surface area contributed by atoms with Crippen LogP contribution in [0.5, 0.6) is 5.75 Å². The summed E-state index contributed by atoms with van der Waals surface area (Å²) in [5.41, 5.74) is 5.53. The van der Waals surface area contributed by atoms with Crippen molar-refractivity contribution in [3.05, 3.63) is 65.6 Å². The van der Waals surface area contributed by atoms with E-state index in [1.54, 1.807) is 24.7 Å². The lowest BCUT2D eigenvalue weighted by Crippen LogP contribution is -1.82. The van der Waals surface area contributed by atoms with Crippen LogP contribution in [-0.4, -0.2) is 5.11 Å². The smallest absolute Gasteiger partial charge is 0.137 e. The Kier molecular flexibility index (Phi) is 4.61. The van der Waals surface area contributed by atoms with Gasteiger partial charge in [0.15, 0.2) is 0 Å². The van der Waals surface area contributed by atoms with E-state index in [4.69, 9.17) is 8.83 Å². The van der Waals surface area contributed by atoms with E-state index in [0.29, 0.717) is 0 Å². The molecule has 0 aliphatic carbocycles. The third-order valence-corrected chi connectivity index (χ3v) is 4.21. The zero-order valence-electron chi connectivity index (χ0n) is 14.3. The van der Waals surface area contributed by atoms with Crippen LogP contribution >= 0.6 is 0 Å². The summed E-state index contributed by atoms with van der Waals surface area (Å²) < 4.78 is 10.5. The first-order chi connectivity index (χ1) is 11.6. The third kappa shape index (κ3) is 3.16. The highest BCUT2D eigenvalue weighted by Crippen LogP contribution is 2.25. The van der Waals surface area contributed by atoms with E-state index in [0.717, 1.165) is 35.0 Å². The molecule has 4 rings (SSSR count). The number of aromatic hydroxyl groups is 1. The van der Waals surface area contributed by atoms with Gasteiger partial charge in [0.05, 0.1) is 12.5 Å². The number of rotatable bonds is 2. The number of aryl methyl sites for hydroxylation is 3. The third-order valence-electron chi connectivity index (χ3n) is 4.21. The number of phenolic OH excluding ortho intramolecular Hbond substituents is 1. The molecule has 3 heteroatoms. The first-order valence-electron chi connectivity index (χ1n) is 8.28. The fourth-order valence-corrected chi connectivity index (χ4v) is 3.01. The Morgan fingerprint density at radius 1 is 0.792 bits per heavy atom. The predicted octanol–water partition coefficient (Wildman–Crippen LogP) is 6.00. The molecule has 3 nitrogen and oxygen atoms in total. The van der Waals surface area contributed by atoms with E-state index in [2.05, 4.69) is 32.9 Å². The molecule has 0 aliphatic rings. The minimum atomic E-state index is 0.273. The van der Waals surface area contributed by atoms with Crippen LogP contribution in [-0.2, 0) is 12.8 Å². The van der Waals surface area contributed by atoms with Gasteiger partial charge < -0.3 is 13.9 Å². The number of hydrogen-bond donors (Lipinski definition) is 1. The van der Waals surface area contributed by atoms with Gasteiger partial charge in [-0.1, -0.05) is 19.9 Å². The number of hydrogen-bond acceptors (Lipinski definition) is 3. The van der Waals surface area contributed by atoms with Crippen molar-refractivity contribution in [3.63, 3.8) is 0 Å². The van der Waals surface area contributed by atoms with Crippen molar-refractivity contribution in [2.45, 2.75) is 33.6 Å². The van der Waals surface area contributed by atoms with Crippen LogP contribution in [0.25, 0.3) is 21.9 Å². The molecule has 124 valence electrons. The van der Waals surface area contributed by atoms with Gasteiger partial charge in [-0.25, -0.2) is 0 Å². The lowest BCUT2D eigenvalue weighted by molar-refractivity contribution is 0.474. The minimum Gasteiger partial charge on any atom is -0.508 e. The molecular weight excluding hydrogens is 300 g/mol. The lowest BCUT2D eigenvalue weighted by Gasteiger charge is -1.99. The summed E-state index contributed by atoms with van der Waals surface area (Å²) in [6.45, 7) is 6.32. The minimum absolute atomic E-state index is 0.273. The van der Waals surface area contributed by atoms with Crippen molar-refractivity contribution >= 4 is 21.9 Å². The van der Waals surface area contributed by atoms with Crippen LogP contribution in [0.2, 0.25) is 0 Å². The van der Waals surface area contributed by atoms with Crippen molar-refractivity contribution in [2.75, 3.05) is 0 Å². The van der Waals surface area contributed by atoms with E-state index in [9.17, 15) is 5.11 Å². The van der Waals surface area contributed by atoms with E-state index >= 15 is 0 Å². The van der Waals surface area contributed by atoms with Crippen LogP contribution in [0, 0.1) is 6.92 Å². The quantitative estimate of drug-likeness (QED) is 0.492. The van der Waals surface area contributed by atoms with E-state index < -0.39 is 0 Å². The Balaban J connectivity index is 0.000000141. The zero-order chi connectivity index (χ0) is 17.1. The zero-order valence-corrected chi connectivity index (χ0v) is 14.3. The molecule has 0 atom stereocenters. The average Bonchev–Trinajstić information content (AvgIpc) is 3.22. The van der Waals surface area contributed by atoms with Gasteiger partial charge in [0.2, 0.25) is 0 Å². The van der Waals surface area contributed by atoms with Crippen LogP contribution in [0.15, 0.2) is 57.8 Å². The Bertz CT molecular complexity index is 880. The summed E-state index contributed by atoms with van der Waals surface area (Å²) in [5.74, 6) is 0.273. The van der Waals surface area contributed by atoms with Gasteiger partial charge in [-0.15, -0.1) is 0 Å². The lowest BCUT2D eigenvalue weighted by atomic mass is 10.1. The normalized spacial score (nSPS) is 10.8. The van der Waals surface area contributed by atoms with Crippen LogP contribution < -0.4 is 0 Å². The van der Waals surface area contributed by atoms with Gasteiger partial charge in [0, 0.05) is 16.8 Å². The molecule has 0 spiro atoms. The summed E-state index contributed by atoms with van der Waals surface area (Å²) in [7, 11) is 0. The second-order valence-electron chi connectivity index (χ2n) is 5.90. The van der Waals surface area contributed by atoms with Crippen molar-refractivity contribution < 1.29 is 13.9 Å². The van der Waals surface area contributed by atoms with E-state index in [1.807, 2.05) is 12.1 Å². The fraction of sp³-hybridized carbons (Fsp3) is 0.238. The highest BCUT2D eigenvalue weighted by molar-refractivity contribution is 5.82. The molecule has 0 fully saturated rings. The summed E-state index contributed by atoms with van der Waals surface area (Å²) in [6, 6.07) is 11.7. The van der Waals surface area contributed by atoms with Crippen LogP contribution in [0.1, 0.15) is 30.5 Å². The molecule has 0 saturated heterocycles. The molecule has 2 aromatic heterocycles. The van der Waals surface area contributed by atoms with Gasteiger partial charge in [-0.05, 0) is 60.7 Å². The highest BCUT2D eigenvalue weighted by Gasteiger charge is 2.04. The second-order valence-corrected chi connectivity index (χ2v) is 5.90. The number of fused-ring (bicyclic) bond motifs is 2. The highest BCUT2D eigenvalue weighted by atomic mass is 16.3. The summed E-state index contributed by atoms with van der Waals surface area (Å²) >= 11 is 0. The van der Waals surface area contributed by atoms with Crippen LogP contribution in [0.3, 0.4) is 0 Å². The molecule has 0 unspecified atom stereocenters. The monoisotopic (exact) mass is 322 g/mol. The standard InChI is InChI=1S/C11H12O.C10H10O2/c1-3-9-6-8(2)7-11-10(9)4-5-12-11;1-2-7-5-8(11)6-10-9(7)3-4-12-10/h4-7H,3H2,1-2H3;3-6,11H,2H2,1H3. The maximum atomic E-state index is 9.30. The Labute approximate surface area is 141 Å². The van der Waals surface area contributed by atoms with Gasteiger partial charge in [-0.3, -0.25) is 0 Å². The molecule has 0 amide bonds. The van der Waals surface area contributed by atoms with Crippen LogP contribution in [0.4, 0.5) is 0 Å². The van der Waals surface area contributed by atoms with Gasteiger partial charge in [-0.2, -0.15) is 0 Å². The largest absolute Gasteiger partial charge is 0.508 e.